The van der Waals surface area contributed by atoms with Gasteiger partial charge in [-0.05, 0) is 44.0 Å². The Labute approximate surface area is 96.4 Å². The highest BCUT2D eigenvalue weighted by atomic mass is 16.5. The van der Waals surface area contributed by atoms with Crippen LogP contribution in [-0.4, -0.2) is 19.7 Å². The Morgan fingerprint density at radius 2 is 2.00 bits per heavy atom. The van der Waals surface area contributed by atoms with E-state index >= 15 is 0 Å². The van der Waals surface area contributed by atoms with Crippen LogP contribution >= 0.6 is 0 Å². The Morgan fingerprint density at radius 3 is 2.56 bits per heavy atom. The van der Waals surface area contributed by atoms with Gasteiger partial charge in [-0.3, -0.25) is 4.79 Å². The number of aryl methyl sites for hydroxylation is 2. The zero-order chi connectivity index (χ0) is 12.1. The lowest BCUT2D eigenvalue weighted by Gasteiger charge is -2.12. The van der Waals surface area contributed by atoms with E-state index in [1.54, 1.807) is 6.92 Å². The Bertz CT molecular complexity index is 371. The first-order valence-electron chi connectivity index (χ1n) is 5.32. The van der Waals surface area contributed by atoms with Crippen molar-refractivity contribution in [2.24, 2.45) is 5.92 Å². The number of hydrogen-bond acceptors (Lipinski definition) is 3. The minimum atomic E-state index is -0.246. The summed E-state index contributed by atoms with van der Waals surface area (Å²) in [5.41, 5.74) is 2.41. The number of carbonyl (C=O) groups excluding carboxylic acids is 1. The Morgan fingerprint density at radius 1 is 1.31 bits per heavy atom. The normalized spacial score (nSPS) is 12.0. The van der Waals surface area contributed by atoms with Crippen LogP contribution in [0.3, 0.4) is 0 Å². The SMILES string of the molecule is COC(=O)C(C)COc1ccc(C)c(C)c1. The molecule has 0 fully saturated rings. The minimum Gasteiger partial charge on any atom is -0.493 e. The standard InChI is InChI=1S/C13H18O3/c1-9-5-6-12(7-10(9)2)16-8-11(3)13(14)15-4/h5-7,11H,8H2,1-4H3. The molecule has 3 heteroatoms. The van der Waals surface area contributed by atoms with Gasteiger partial charge in [-0.15, -0.1) is 0 Å². The summed E-state index contributed by atoms with van der Waals surface area (Å²) in [7, 11) is 1.38. The van der Waals surface area contributed by atoms with Gasteiger partial charge in [-0.1, -0.05) is 6.07 Å². The van der Waals surface area contributed by atoms with Crippen molar-refractivity contribution in [3.63, 3.8) is 0 Å². The molecule has 3 nitrogen and oxygen atoms in total. The van der Waals surface area contributed by atoms with Gasteiger partial charge >= 0.3 is 5.97 Å². The zero-order valence-corrected chi connectivity index (χ0v) is 10.2. The summed E-state index contributed by atoms with van der Waals surface area (Å²) in [5, 5.41) is 0. The van der Waals surface area contributed by atoms with Crippen LogP contribution in [0.15, 0.2) is 18.2 Å². The van der Waals surface area contributed by atoms with Crippen LogP contribution in [-0.2, 0) is 9.53 Å². The highest BCUT2D eigenvalue weighted by molar-refractivity contribution is 5.71. The van der Waals surface area contributed by atoms with Gasteiger partial charge in [0.2, 0.25) is 0 Å². The molecular weight excluding hydrogens is 204 g/mol. The number of esters is 1. The maximum absolute atomic E-state index is 11.2. The van der Waals surface area contributed by atoms with Crippen LogP contribution in [0.5, 0.6) is 5.75 Å². The lowest BCUT2D eigenvalue weighted by atomic mass is 10.1. The summed E-state index contributed by atoms with van der Waals surface area (Å²) >= 11 is 0. The largest absolute Gasteiger partial charge is 0.493 e. The fraction of sp³-hybridized carbons (Fsp3) is 0.462. The Hall–Kier alpha value is -1.51. The third-order valence-electron chi connectivity index (χ3n) is 2.58. The lowest BCUT2D eigenvalue weighted by Crippen LogP contribution is -2.20. The van der Waals surface area contributed by atoms with Crippen molar-refractivity contribution in [2.45, 2.75) is 20.8 Å². The van der Waals surface area contributed by atoms with E-state index < -0.39 is 0 Å². The van der Waals surface area contributed by atoms with Crippen LogP contribution in [0.2, 0.25) is 0 Å². The van der Waals surface area contributed by atoms with Crippen molar-refractivity contribution < 1.29 is 14.3 Å². The molecule has 1 rings (SSSR count). The smallest absolute Gasteiger partial charge is 0.311 e. The summed E-state index contributed by atoms with van der Waals surface area (Å²) in [4.78, 5) is 11.2. The van der Waals surface area contributed by atoms with E-state index in [-0.39, 0.29) is 11.9 Å². The molecule has 0 amide bonds. The molecule has 0 spiro atoms. The zero-order valence-electron chi connectivity index (χ0n) is 10.2. The third-order valence-corrected chi connectivity index (χ3v) is 2.58. The molecule has 1 aromatic carbocycles. The van der Waals surface area contributed by atoms with Crippen molar-refractivity contribution in [2.75, 3.05) is 13.7 Å². The van der Waals surface area contributed by atoms with Crippen molar-refractivity contribution in [1.29, 1.82) is 0 Å². The number of rotatable bonds is 4. The van der Waals surface area contributed by atoms with Crippen LogP contribution in [0.1, 0.15) is 18.1 Å². The number of benzene rings is 1. The van der Waals surface area contributed by atoms with Crippen LogP contribution in [0.4, 0.5) is 0 Å². The average molecular weight is 222 g/mol. The van der Waals surface area contributed by atoms with Gasteiger partial charge in [0.25, 0.3) is 0 Å². The van der Waals surface area contributed by atoms with E-state index in [1.165, 1.54) is 18.2 Å². The molecule has 0 bridgehead atoms. The molecule has 0 heterocycles. The van der Waals surface area contributed by atoms with Gasteiger partial charge in [-0.2, -0.15) is 0 Å². The van der Waals surface area contributed by atoms with Gasteiger partial charge in [0.15, 0.2) is 0 Å². The topological polar surface area (TPSA) is 35.5 Å². The second-order valence-corrected chi connectivity index (χ2v) is 3.98. The molecule has 0 saturated carbocycles. The van der Waals surface area contributed by atoms with Crippen LogP contribution in [0, 0.1) is 19.8 Å². The van der Waals surface area contributed by atoms with E-state index in [2.05, 4.69) is 11.7 Å². The lowest BCUT2D eigenvalue weighted by molar-refractivity contribution is -0.145. The van der Waals surface area contributed by atoms with Crippen molar-refractivity contribution in [1.82, 2.24) is 0 Å². The van der Waals surface area contributed by atoms with Gasteiger partial charge in [0.1, 0.15) is 12.4 Å². The molecule has 0 saturated heterocycles. The molecule has 0 radical (unpaired) electrons. The monoisotopic (exact) mass is 222 g/mol. The predicted molar refractivity (Wildman–Crippen MR) is 62.6 cm³/mol. The first-order chi connectivity index (χ1) is 7.54. The van der Waals surface area contributed by atoms with Crippen molar-refractivity contribution >= 4 is 5.97 Å². The minimum absolute atomic E-state index is 0.244. The molecule has 1 atom stereocenters. The number of hydrogen-bond donors (Lipinski definition) is 0. The Balaban J connectivity index is 2.55. The number of methoxy groups -OCH3 is 1. The van der Waals surface area contributed by atoms with E-state index in [0.717, 1.165) is 5.75 Å². The fourth-order valence-corrected chi connectivity index (χ4v) is 1.29. The molecule has 0 aliphatic carbocycles. The maximum Gasteiger partial charge on any atom is 0.311 e. The van der Waals surface area contributed by atoms with E-state index in [0.29, 0.717) is 6.61 Å². The molecule has 0 aliphatic heterocycles. The molecule has 1 unspecified atom stereocenters. The van der Waals surface area contributed by atoms with E-state index in [4.69, 9.17) is 4.74 Å². The van der Waals surface area contributed by atoms with Gasteiger partial charge in [0, 0.05) is 0 Å². The molecular formula is C13H18O3. The van der Waals surface area contributed by atoms with Gasteiger partial charge in [0.05, 0.1) is 13.0 Å². The Kier molecular flexibility index (Phi) is 4.35. The summed E-state index contributed by atoms with van der Waals surface area (Å²) in [6, 6.07) is 5.89. The first kappa shape index (κ1) is 12.6. The van der Waals surface area contributed by atoms with Crippen LogP contribution in [0.25, 0.3) is 0 Å². The molecule has 16 heavy (non-hydrogen) atoms. The predicted octanol–water partition coefficient (Wildman–Crippen LogP) is 2.49. The quantitative estimate of drug-likeness (QED) is 0.734. The average Bonchev–Trinajstić information content (AvgIpc) is 2.29. The fourth-order valence-electron chi connectivity index (χ4n) is 1.29. The number of carbonyl (C=O) groups is 1. The molecule has 0 aliphatic rings. The molecule has 1 aromatic rings. The maximum atomic E-state index is 11.2. The van der Waals surface area contributed by atoms with E-state index in [1.807, 2.05) is 25.1 Å². The first-order valence-corrected chi connectivity index (χ1v) is 5.32. The van der Waals surface area contributed by atoms with Crippen molar-refractivity contribution in [3.8, 4) is 5.75 Å². The molecule has 88 valence electrons. The van der Waals surface area contributed by atoms with Gasteiger partial charge in [-0.25, -0.2) is 0 Å². The molecule has 0 aromatic heterocycles. The number of ether oxygens (including phenoxy) is 2. The van der Waals surface area contributed by atoms with Crippen LogP contribution < -0.4 is 4.74 Å². The summed E-state index contributed by atoms with van der Waals surface area (Å²) in [6.45, 7) is 6.21. The second-order valence-electron chi connectivity index (χ2n) is 3.98. The summed E-state index contributed by atoms with van der Waals surface area (Å²) < 4.78 is 10.2. The third kappa shape index (κ3) is 3.26. The highest BCUT2D eigenvalue weighted by Crippen LogP contribution is 2.17. The van der Waals surface area contributed by atoms with E-state index in [9.17, 15) is 4.79 Å². The van der Waals surface area contributed by atoms with Crippen molar-refractivity contribution in [3.05, 3.63) is 29.3 Å². The summed E-state index contributed by atoms with van der Waals surface area (Å²) in [6.07, 6.45) is 0. The second kappa shape index (κ2) is 5.54. The molecule has 0 N–H and O–H groups in total. The summed E-state index contributed by atoms with van der Waals surface area (Å²) in [5.74, 6) is 0.300. The van der Waals surface area contributed by atoms with Gasteiger partial charge < -0.3 is 9.47 Å². The highest BCUT2D eigenvalue weighted by Gasteiger charge is 2.13.